The monoisotopic (exact) mass is 441 g/mol. The largest absolute Gasteiger partial charge is 0.366 e. The standard InChI is InChI=1S/C17H24BrN5O4/c1-17(2,19-13-6-5-12(18)11-14(13)23(26)27)15(24)21-7-9-22(10-8-21)16(25)20(3)4/h5-6,11,19H,7-10H2,1-4H3. The first-order valence-corrected chi connectivity index (χ1v) is 9.30. The van der Waals surface area contributed by atoms with E-state index in [1.165, 1.54) is 11.0 Å². The second kappa shape index (κ2) is 8.12. The fraction of sp³-hybridized carbons (Fsp3) is 0.529. The molecule has 0 bridgehead atoms. The van der Waals surface area contributed by atoms with E-state index in [0.29, 0.717) is 30.7 Å². The zero-order chi connectivity index (χ0) is 20.4. The van der Waals surface area contributed by atoms with Gasteiger partial charge in [0.05, 0.1) is 4.92 Å². The zero-order valence-corrected chi connectivity index (χ0v) is 17.4. The first-order valence-electron chi connectivity index (χ1n) is 8.50. The van der Waals surface area contributed by atoms with Crippen LogP contribution in [0.2, 0.25) is 0 Å². The maximum absolute atomic E-state index is 13.0. The van der Waals surface area contributed by atoms with Crippen molar-refractivity contribution in [2.24, 2.45) is 0 Å². The summed E-state index contributed by atoms with van der Waals surface area (Å²) in [6, 6.07) is 4.58. The van der Waals surface area contributed by atoms with Crippen molar-refractivity contribution in [2.75, 3.05) is 45.6 Å². The van der Waals surface area contributed by atoms with E-state index < -0.39 is 10.5 Å². The van der Waals surface area contributed by atoms with Crippen molar-refractivity contribution < 1.29 is 14.5 Å². The zero-order valence-electron chi connectivity index (χ0n) is 15.9. The molecule has 0 spiro atoms. The number of piperazine rings is 1. The number of carbonyl (C=O) groups excluding carboxylic acids is 2. The Bertz CT molecular complexity index is 745. The summed E-state index contributed by atoms with van der Waals surface area (Å²) in [6.07, 6.45) is 0. The van der Waals surface area contributed by atoms with Crippen LogP contribution in [-0.4, -0.2) is 77.4 Å². The van der Waals surface area contributed by atoms with Crippen molar-refractivity contribution >= 4 is 39.2 Å². The predicted octanol–water partition coefficient (Wildman–Crippen LogP) is 2.37. The summed E-state index contributed by atoms with van der Waals surface area (Å²) >= 11 is 3.22. The smallest absolute Gasteiger partial charge is 0.319 e. The molecule has 27 heavy (non-hydrogen) atoms. The second-order valence-corrected chi connectivity index (χ2v) is 8.04. The molecule has 0 aliphatic carbocycles. The molecule has 10 heteroatoms. The minimum atomic E-state index is -1.04. The van der Waals surface area contributed by atoms with Crippen LogP contribution in [0, 0.1) is 10.1 Å². The molecule has 0 saturated carbocycles. The van der Waals surface area contributed by atoms with E-state index in [-0.39, 0.29) is 23.3 Å². The molecule has 0 unspecified atom stereocenters. The van der Waals surface area contributed by atoms with Crippen LogP contribution < -0.4 is 5.32 Å². The number of rotatable bonds is 4. The highest BCUT2D eigenvalue weighted by Gasteiger charge is 2.35. The van der Waals surface area contributed by atoms with Crippen LogP contribution >= 0.6 is 15.9 Å². The number of halogens is 1. The molecule has 2 rings (SSSR count). The van der Waals surface area contributed by atoms with E-state index in [1.807, 2.05) is 0 Å². The number of anilines is 1. The van der Waals surface area contributed by atoms with Crippen molar-refractivity contribution in [3.05, 3.63) is 32.8 Å². The molecule has 0 radical (unpaired) electrons. The van der Waals surface area contributed by atoms with Gasteiger partial charge in [0.15, 0.2) is 0 Å². The third kappa shape index (κ3) is 4.88. The molecule has 9 nitrogen and oxygen atoms in total. The lowest BCUT2D eigenvalue weighted by atomic mass is 10.0. The molecule has 0 atom stereocenters. The molecular weight excluding hydrogens is 418 g/mol. The van der Waals surface area contributed by atoms with E-state index in [2.05, 4.69) is 21.2 Å². The van der Waals surface area contributed by atoms with Gasteiger partial charge in [-0.1, -0.05) is 15.9 Å². The van der Waals surface area contributed by atoms with Gasteiger partial charge in [0.1, 0.15) is 11.2 Å². The molecule has 3 amide bonds. The number of nitrogens with zero attached hydrogens (tertiary/aromatic N) is 4. The molecule has 1 N–H and O–H groups in total. The minimum absolute atomic E-state index is 0.0787. The van der Waals surface area contributed by atoms with Crippen LogP contribution in [0.1, 0.15) is 13.8 Å². The Labute approximate surface area is 166 Å². The number of nitrogens with one attached hydrogen (secondary N) is 1. The lowest BCUT2D eigenvalue weighted by Crippen LogP contribution is -2.58. The van der Waals surface area contributed by atoms with Gasteiger partial charge in [-0.15, -0.1) is 0 Å². The maximum atomic E-state index is 13.0. The molecule has 1 aliphatic heterocycles. The molecule has 148 valence electrons. The number of urea groups is 1. The maximum Gasteiger partial charge on any atom is 0.319 e. The van der Waals surface area contributed by atoms with Crippen LogP contribution in [0.15, 0.2) is 22.7 Å². The molecule has 1 heterocycles. The number of nitro benzene ring substituents is 1. The van der Waals surface area contributed by atoms with Crippen LogP contribution in [-0.2, 0) is 4.79 Å². The van der Waals surface area contributed by atoms with Crippen molar-refractivity contribution in [2.45, 2.75) is 19.4 Å². The van der Waals surface area contributed by atoms with Gasteiger partial charge in [-0.2, -0.15) is 0 Å². The van der Waals surface area contributed by atoms with Crippen LogP contribution in [0.5, 0.6) is 0 Å². The van der Waals surface area contributed by atoms with E-state index in [1.54, 1.807) is 49.9 Å². The Morgan fingerprint density at radius 3 is 2.26 bits per heavy atom. The van der Waals surface area contributed by atoms with Crippen molar-refractivity contribution in [3.8, 4) is 0 Å². The van der Waals surface area contributed by atoms with Gasteiger partial charge in [-0.25, -0.2) is 4.79 Å². The number of benzene rings is 1. The first-order chi connectivity index (χ1) is 12.5. The molecule has 1 aromatic carbocycles. The van der Waals surface area contributed by atoms with Gasteiger partial charge in [0.25, 0.3) is 5.69 Å². The van der Waals surface area contributed by atoms with Gasteiger partial charge in [-0.3, -0.25) is 14.9 Å². The number of hydrogen-bond acceptors (Lipinski definition) is 5. The Morgan fingerprint density at radius 1 is 1.19 bits per heavy atom. The highest BCUT2D eigenvalue weighted by Crippen LogP contribution is 2.30. The van der Waals surface area contributed by atoms with E-state index in [4.69, 9.17) is 0 Å². The quantitative estimate of drug-likeness (QED) is 0.570. The minimum Gasteiger partial charge on any atom is -0.366 e. The average Bonchev–Trinajstić information content (AvgIpc) is 2.61. The molecule has 1 aliphatic rings. The fourth-order valence-electron chi connectivity index (χ4n) is 2.93. The van der Waals surface area contributed by atoms with Crippen molar-refractivity contribution in [1.82, 2.24) is 14.7 Å². The molecule has 1 saturated heterocycles. The van der Waals surface area contributed by atoms with Crippen LogP contribution in [0.4, 0.5) is 16.2 Å². The molecule has 1 fully saturated rings. The molecule has 1 aromatic rings. The highest BCUT2D eigenvalue weighted by molar-refractivity contribution is 9.10. The third-order valence-corrected chi connectivity index (χ3v) is 4.85. The predicted molar refractivity (Wildman–Crippen MR) is 106 cm³/mol. The van der Waals surface area contributed by atoms with E-state index in [0.717, 1.165) is 0 Å². The summed E-state index contributed by atoms with van der Waals surface area (Å²) in [4.78, 5) is 40.7. The van der Waals surface area contributed by atoms with Gasteiger partial charge in [-0.05, 0) is 26.0 Å². The fourth-order valence-corrected chi connectivity index (χ4v) is 3.28. The Hall–Kier alpha value is -2.36. The summed E-state index contributed by atoms with van der Waals surface area (Å²) < 4.78 is 0.588. The van der Waals surface area contributed by atoms with E-state index in [9.17, 15) is 19.7 Å². The highest BCUT2D eigenvalue weighted by atomic mass is 79.9. The third-order valence-electron chi connectivity index (χ3n) is 4.36. The number of nitro groups is 1. The average molecular weight is 442 g/mol. The number of amides is 3. The first kappa shape index (κ1) is 20.9. The van der Waals surface area contributed by atoms with Crippen LogP contribution in [0.25, 0.3) is 0 Å². The summed E-state index contributed by atoms with van der Waals surface area (Å²) in [5.74, 6) is -0.170. The van der Waals surface area contributed by atoms with Gasteiger partial charge in [0, 0.05) is 50.8 Å². The van der Waals surface area contributed by atoms with E-state index >= 15 is 0 Å². The number of hydrogen-bond donors (Lipinski definition) is 1. The summed E-state index contributed by atoms with van der Waals surface area (Å²) in [5, 5.41) is 14.3. The number of carbonyl (C=O) groups is 2. The van der Waals surface area contributed by atoms with Crippen molar-refractivity contribution in [3.63, 3.8) is 0 Å². The topological polar surface area (TPSA) is 99.0 Å². The SMILES string of the molecule is CN(C)C(=O)N1CCN(C(=O)C(C)(C)Nc2ccc(Br)cc2[N+](=O)[O-])CC1. The lowest BCUT2D eigenvalue weighted by Gasteiger charge is -2.39. The van der Waals surface area contributed by atoms with Crippen molar-refractivity contribution in [1.29, 1.82) is 0 Å². The Balaban J connectivity index is 2.08. The van der Waals surface area contributed by atoms with Gasteiger partial charge < -0.3 is 20.0 Å². The van der Waals surface area contributed by atoms with Crippen LogP contribution in [0.3, 0.4) is 0 Å². The normalized spacial score (nSPS) is 14.7. The lowest BCUT2D eigenvalue weighted by molar-refractivity contribution is -0.384. The van der Waals surface area contributed by atoms with Gasteiger partial charge in [0.2, 0.25) is 5.91 Å². The Kier molecular flexibility index (Phi) is 6.30. The molecule has 0 aromatic heterocycles. The Morgan fingerprint density at radius 2 is 1.74 bits per heavy atom. The molecular formula is C17H24BrN5O4. The summed E-state index contributed by atoms with van der Waals surface area (Å²) in [6.45, 7) is 5.14. The second-order valence-electron chi connectivity index (χ2n) is 7.12. The summed E-state index contributed by atoms with van der Waals surface area (Å²) in [7, 11) is 3.38. The van der Waals surface area contributed by atoms with Gasteiger partial charge >= 0.3 is 6.03 Å². The summed E-state index contributed by atoms with van der Waals surface area (Å²) in [5.41, 5.74) is -0.860.